The summed E-state index contributed by atoms with van der Waals surface area (Å²) < 4.78 is 59.9. The molecule has 2 aromatic carbocycles. The molecule has 0 spiro atoms. The number of ether oxygens (including phenoxy) is 1. The van der Waals surface area contributed by atoms with Crippen LogP contribution < -0.4 is 15.0 Å². The first-order valence-corrected chi connectivity index (χ1v) is 10.4. The van der Waals surface area contributed by atoms with Gasteiger partial charge in [-0.3, -0.25) is 13.9 Å². The van der Waals surface area contributed by atoms with E-state index in [4.69, 9.17) is 4.74 Å². The summed E-state index contributed by atoms with van der Waals surface area (Å²) in [5.74, 6) is -1.37. The number of hydrogen-bond acceptors (Lipinski definition) is 5. The third-order valence-electron chi connectivity index (χ3n) is 4.29. The molecule has 0 unspecified atom stereocenters. The van der Waals surface area contributed by atoms with Crippen LogP contribution in [-0.4, -0.2) is 30.4 Å². The summed E-state index contributed by atoms with van der Waals surface area (Å²) in [4.78, 5) is 16.6. The number of hydrogen-bond donors (Lipinski definition) is 1. The van der Waals surface area contributed by atoms with Crippen LogP contribution >= 0.6 is 0 Å². The van der Waals surface area contributed by atoms with E-state index in [1.54, 1.807) is 26.1 Å². The van der Waals surface area contributed by atoms with Crippen molar-refractivity contribution in [2.45, 2.75) is 13.3 Å². The molecule has 10 heteroatoms. The van der Waals surface area contributed by atoms with E-state index in [1.165, 1.54) is 29.1 Å². The molecule has 3 aromatic rings. The predicted octanol–water partition coefficient (Wildman–Crippen LogP) is 3.27. The van der Waals surface area contributed by atoms with Crippen molar-refractivity contribution in [1.82, 2.24) is 9.55 Å². The Labute approximate surface area is 166 Å². The molecule has 0 aliphatic carbocycles. The molecule has 0 aliphatic rings. The quantitative estimate of drug-likeness (QED) is 0.630. The van der Waals surface area contributed by atoms with Crippen molar-refractivity contribution >= 4 is 26.6 Å². The van der Waals surface area contributed by atoms with E-state index in [0.29, 0.717) is 16.5 Å². The first kappa shape index (κ1) is 20.7. The average molecular weight is 423 g/mol. The van der Waals surface area contributed by atoms with Crippen LogP contribution in [0, 0.1) is 12.7 Å². The molecule has 0 fully saturated rings. The normalized spacial score (nSPS) is 11.6. The van der Waals surface area contributed by atoms with E-state index in [1.807, 2.05) is 0 Å². The second kappa shape index (κ2) is 8.16. The minimum atomic E-state index is -3.89. The fourth-order valence-electron chi connectivity index (χ4n) is 2.79. The van der Waals surface area contributed by atoms with Gasteiger partial charge in [0.1, 0.15) is 5.75 Å². The number of alkyl halides is 1. The Bertz CT molecular complexity index is 1230. The maximum atomic E-state index is 14.8. The van der Waals surface area contributed by atoms with Crippen molar-refractivity contribution < 1.29 is 21.9 Å². The molecule has 0 saturated carbocycles. The predicted molar refractivity (Wildman–Crippen MR) is 106 cm³/mol. The molecule has 1 aromatic heterocycles. The number of nitrogens with one attached hydrogen (secondary N) is 1. The van der Waals surface area contributed by atoms with Gasteiger partial charge in [-0.05, 0) is 37.6 Å². The zero-order valence-corrected chi connectivity index (χ0v) is 16.6. The second-order valence-electron chi connectivity index (χ2n) is 6.43. The van der Waals surface area contributed by atoms with Gasteiger partial charge >= 0.3 is 0 Å². The molecule has 0 aliphatic heterocycles. The van der Waals surface area contributed by atoms with E-state index in [2.05, 4.69) is 9.71 Å². The zero-order valence-electron chi connectivity index (χ0n) is 15.8. The van der Waals surface area contributed by atoms with E-state index < -0.39 is 28.3 Å². The Hall–Kier alpha value is -3.01. The van der Waals surface area contributed by atoms with Crippen LogP contribution in [0.25, 0.3) is 10.9 Å². The third-order valence-corrected chi connectivity index (χ3v) is 5.65. The summed E-state index contributed by atoms with van der Waals surface area (Å²) in [6.07, 6.45) is 1.22. The molecule has 0 bridgehead atoms. The molecule has 0 amide bonds. The van der Waals surface area contributed by atoms with Crippen LogP contribution in [0.5, 0.6) is 11.5 Å². The van der Waals surface area contributed by atoms with Crippen molar-refractivity contribution in [1.29, 1.82) is 0 Å². The first-order chi connectivity index (χ1) is 13.7. The minimum absolute atomic E-state index is 0.188. The van der Waals surface area contributed by atoms with Crippen LogP contribution in [0.1, 0.15) is 12.0 Å². The van der Waals surface area contributed by atoms with Crippen LogP contribution in [0.15, 0.2) is 41.5 Å². The van der Waals surface area contributed by atoms with Crippen molar-refractivity contribution in [2.24, 2.45) is 7.05 Å². The Balaban J connectivity index is 1.96. The maximum absolute atomic E-state index is 14.8. The Morgan fingerprint density at radius 2 is 1.97 bits per heavy atom. The number of aryl methyl sites for hydroxylation is 2. The number of benzene rings is 2. The lowest BCUT2D eigenvalue weighted by molar-refractivity contribution is 0.441. The summed E-state index contributed by atoms with van der Waals surface area (Å²) >= 11 is 0. The van der Waals surface area contributed by atoms with E-state index >= 15 is 0 Å². The van der Waals surface area contributed by atoms with Gasteiger partial charge in [-0.15, -0.1) is 0 Å². The minimum Gasteiger partial charge on any atom is -0.454 e. The van der Waals surface area contributed by atoms with E-state index in [0.717, 1.165) is 0 Å². The summed E-state index contributed by atoms with van der Waals surface area (Å²) in [5, 5.41) is 0.344. The van der Waals surface area contributed by atoms with Crippen molar-refractivity contribution in [3.05, 3.63) is 58.4 Å². The summed E-state index contributed by atoms with van der Waals surface area (Å²) in [6, 6.07) is 7.13. The molecule has 3 rings (SSSR count). The Morgan fingerprint density at radius 1 is 1.21 bits per heavy atom. The monoisotopic (exact) mass is 423 g/mol. The van der Waals surface area contributed by atoms with Gasteiger partial charge in [-0.25, -0.2) is 17.8 Å². The molecule has 154 valence electrons. The van der Waals surface area contributed by atoms with Crippen LogP contribution in [0.3, 0.4) is 0 Å². The lowest BCUT2D eigenvalue weighted by atomic mass is 10.1. The standard InChI is InChI=1S/C19H19F2N3O4S/c1-12-15(8-7-13-17(12)19(25)24(2)11-22-13)28-16-6-3-5-14(18(16)21)23-29(26,27)10-4-9-20/h3,5-8,11,23H,4,9-10H2,1-2H3. The third kappa shape index (κ3) is 4.37. The first-order valence-electron chi connectivity index (χ1n) is 8.71. The van der Waals surface area contributed by atoms with Gasteiger partial charge in [0.05, 0.1) is 35.3 Å². The van der Waals surface area contributed by atoms with Gasteiger partial charge in [-0.1, -0.05) is 6.07 Å². The van der Waals surface area contributed by atoms with Crippen molar-refractivity contribution in [3.63, 3.8) is 0 Å². The molecule has 1 heterocycles. The Morgan fingerprint density at radius 3 is 2.69 bits per heavy atom. The van der Waals surface area contributed by atoms with E-state index in [9.17, 15) is 22.0 Å². The molecule has 0 saturated heterocycles. The number of rotatable bonds is 7. The highest BCUT2D eigenvalue weighted by molar-refractivity contribution is 7.92. The lowest BCUT2D eigenvalue weighted by Crippen LogP contribution is -2.18. The van der Waals surface area contributed by atoms with Crippen LogP contribution in [0.2, 0.25) is 0 Å². The highest BCUT2D eigenvalue weighted by atomic mass is 32.2. The average Bonchev–Trinajstić information content (AvgIpc) is 2.68. The lowest BCUT2D eigenvalue weighted by Gasteiger charge is -2.14. The van der Waals surface area contributed by atoms with E-state index in [-0.39, 0.29) is 29.2 Å². The fraction of sp³-hybridized carbons (Fsp3) is 0.263. The topological polar surface area (TPSA) is 90.3 Å². The molecule has 0 atom stereocenters. The number of halogens is 2. The number of sulfonamides is 1. The number of nitrogens with zero attached hydrogens (tertiary/aromatic N) is 2. The van der Waals surface area contributed by atoms with Gasteiger partial charge in [0, 0.05) is 12.6 Å². The molecule has 0 radical (unpaired) electrons. The van der Waals surface area contributed by atoms with Gasteiger partial charge in [0.2, 0.25) is 10.0 Å². The second-order valence-corrected chi connectivity index (χ2v) is 8.27. The van der Waals surface area contributed by atoms with Gasteiger partial charge in [-0.2, -0.15) is 0 Å². The van der Waals surface area contributed by atoms with Crippen molar-refractivity contribution in [3.8, 4) is 11.5 Å². The summed E-state index contributed by atoms with van der Waals surface area (Å²) in [5.41, 5.74) is 0.377. The molecule has 29 heavy (non-hydrogen) atoms. The molecule has 7 nitrogen and oxygen atoms in total. The molecule has 1 N–H and O–H groups in total. The number of anilines is 1. The SMILES string of the molecule is Cc1c(Oc2cccc(NS(=O)(=O)CCCF)c2F)ccc2ncn(C)c(=O)c12. The summed E-state index contributed by atoms with van der Waals surface area (Å²) in [7, 11) is -2.32. The van der Waals surface area contributed by atoms with Crippen molar-refractivity contribution in [2.75, 3.05) is 17.1 Å². The Kier molecular flexibility index (Phi) is 5.83. The summed E-state index contributed by atoms with van der Waals surface area (Å²) in [6.45, 7) is 0.865. The molecular weight excluding hydrogens is 404 g/mol. The number of aromatic nitrogens is 2. The van der Waals surface area contributed by atoms with Crippen LogP contribution in [0.4, 0.5) is 14.5 Å². The van der Waals surface area contributed by atoms with Gasteiger partial charge in [0.25, 0.3) is 5.56 Å². The highest BCUT2D eigenvalue weighted by Gasteiger charge is 2.18. The maximum Gasteiger partial charge on any atom is 0.261 e. The number of fused-ring (bicyclic) bond motifs is 1. The van der Waals surface area contributed by atoms with Crippen LogP contribution in [-0.2, 0) is 17.1 Å². The highest BCUT2D eigenvalue weighted by Crippen LogP contribution is 2.33. The molecular formula is C19H19F2N3O4S. The zero-order chi connectivity index (χ0) is 21.2. The fourth-order valence-corrected chi connectivity index (χ4v) is 3.88. The van der Waals surface area contributed by atoms with Gasteiger partial charge in [0.15, 0.2) is 11.6 Å². The smallest absolute Gasteiger partial charge is 0.261 e. The largest absolute Gasteiger partial charge is 0.454 e. The van der Waals surface area contributed by atoms with Gasteiger partial charge < -0.3 is 9.30 Å².